The lowest BCUT2D eigenvalue weighted by atomic mass is 10.1. The molecule has 1 amide bonds. The molecule has 0 atom stereocenters. The summed E-state index contributed by atoms with van der Waals surface area (Å²) in [4.78, 5) is 26.3. The standard InChI is InChI=1S/C15H15N3OS.C10H12O2.CH5N/c1-17-13(14(16)19)15(18-2)20-12-8-7-10-5-3-4-6-11(10)9-12;11-7-1-2-9-3-5-10(8-12)6-4-9;1-2/h3-9,18H,1H2,2H3,(H2,16,19);3-6,8,11H,1-2,7H2;2H2,1H3/b15-13-;;. The first-order valence-corrected chi connectivity index (χ1v) is 11.4. The Bertz CT molecular complexity index is 1100. The number of aryl methyl sites for hydroxylation is 1. The Morgan fingerprint density at radius 2 is 1.74 bits per heavy atom. The minimum absolute atomic E-state index is 0.144. The van der Waals surface area contributed by atoms with Gasteiger partial charge in [-0.2, -0.15) is 0 Å². The summed E-state index contributed by atoms with van der Waals surface area (Å²) in [6.07, 6.45) is 2.48. The summed E-state index contributed by atoms with van der Waals surface area (Å²) < 4.78 is 0. The molecule has 0 heterocycles. The van der Waals surface area contributed by atoms with Gasteiger partial charge in [-0.1, -0.05) is 66.4 Å². The summed E-state index contributed by atoms with van der Waals surface area (Å²) in [6, 6.07) is 21.6. The van der Waals surface area contributed by atoms with E-state index in [9.17, 15) is 9.59 Å². The largest absolute Gasteiger partial charge is 0.396 e. The van der Waals surface area contributed by atoms with E-state index in [0.29, 0.717) is 10.6 Å². The second kappa shape index (κ2) is 16.2. The van der Waals surface area contributed by atoms with Gasteiger partial charge in [-0.3, -0.25) is 14.6 Å². The van der Waals surface area contributed by atoms with Crippen molar-refractivity contribution in [1.29, 1.82) is 0 Å². The molecule has 0 unspecified atom stereocenters. The van der Waals surface area contributed by atoms with Crippen LogP contribution in [0, 0.1) is 0 Å². The molecule has 0 saturated carbocycles. The molecule has 0 spiro atoms. The SMILES string of the molecule is C=N/C(C(N)=O)=C(/NC)Sc1ccc2ccccc2c1.CN.O=Cc1ccc(CCCO)cc1. The van der Waals surface area contributed by atoms with E-state index < -0.39 is 5.91 Å². The van der Waals surface area contributed by atoms with Gasteiger partial charge in [-0.05, 0) is 55.1 Å². The number of carbonyl (C=O) groups is 2. The van der Waals surface area contributed by atoms with E-state index in [1.807, 2.05) is 42.5 Å². The van der Waals surface area contributed by atoms with Crippen molar-refractivity contribution in [3.05, 3.63) is 88.6 Å². The van der Waals surface area contributed by atoms with Crippen molar-refractivity contribution in [2.45, 2.75) is 17.7 Å². The Labute approximate surface area is 205 Å². The zero-order chi connectivity index (χ0) is 25.3. The van der Waals surface area contributed by atoms with Crippen molar-refractivity contribution >= 4 is 41.4 Å². The minimum Gasteiger partial charge on any atom is -0.396 e. The third-order valence-electron chi connectivity index (χ3n) is 4.51. The van der Waals surface area contributed by atoms with Gasteiger partial charge in [0.15, 0.2) is 5.70 Å². The van der Waals surface area contributed by atoms with Crippen LogP contribution in [0.4, 0.5) is 0 Å². The lowest BCUT2D eigenvalue weighted by molar-refractivity contribution is -0.114. The van der Waals surface area contributed by atoms with Crippen LogP contribution in [0.2, 0.25) is 0 Å². The first-order chi connectivity index (χ1) is 16.5. The van der Waals surface area contributed by atoms with Crippen LogP contribution in [-0.4, -0.2) is 44.7 Å². The molecule has 34 heavy (non-hydrogen) atoms. The number of nitrogens with one attached hydrogen (secondary N) is 1. The Morgan fingerprint density at radius 3 is 2.26 bits per heavy atom. The van der Waals surface area contributed by atoms with Crippen LogP contribution in [-0.2, 0) is 11.2 Å². The van der Waals surface area contributed by atoms with Gasteiger partial charge >= 0.3 is 0 Å². The fourth-order valence-corrected chi connectivity index (χ4v) is 3.80. The van der Waals surface area contributed by atoms with Crippen LogP contribution >= 0.6 is 11.8 Å². The molecular formula is C26H32N4O3S. The molecule has 3 rings (SSSR count). The highest BCUT2D eigenvalue weighted by molar-refractivity contribution is 8.03. The zero-order valence-corrected chi connectivity index (χ0v) is 20.3. The predicted molar refractivity (Wildman–Crippen MR) is 142 cm³/mol. The summed E-state index contributed by atoms with van der Waals surface area (Å²) in [5, 5.41) is 14.4. The first-order valence-electron chi connectivity index (χ1n) is 10.6. The highest BCUT2D eigenvalue weighted by Gasteiger charge is 2.11. The molecule has 180 valence electrons. The Balaban J connectivity index is 0.000000353. The van der Waals surface area contributed by atoms with Crippen molar-refractivity contribution < 1.29 is 14.7 Å². The maximum Gasteiger partial charge on any atom is 0.270 e. The van der Waals surface area contributed by atoms with E-state index >= 15 is 0 Å². The number of benzene rings is 3. The van der Waals surface area contributed by atoms with Crippen molar-refractivity contribution in [1.82, 2.24) is 5.32 Å². The lowest BCUT2D eigenvalue weighted by Crippen LogP contribution is -2.18. The highest BCUT2D eigenvalue weighted by Crippen LogP contribution is 2.29. The van der Waals surface area contributed by atoms with Gasteiger partial charge in [-0.25, -0.2) is 0 Å². The number of hydrogen-bond acceptors (Lipinski definition) is 7. The number of aliphatic imine (C=N–C) groups is 1. The van der Waals surface area contributed by atoms with Gasteiger partial charge < -0.3 is 21.9 Å². The number of carbonyl (C=O) groups excluding carboxylic acids is 2. The number of rotatable bonds is 9. The number of aliphatic hydroxyl groups excluding tert-OH is 1. The third kappa shape index (κ3) is 9.19. The van der Waals surface area contributed by atoms with Crippen LogP contribution in [0.15, 0.2) is 87.3 Å². The van der Waals surface area contributed by atoms with E-state index in [1.54, 1.807) is 19.2 Å². The average molecular weight is 481 g/mol. The fraction of sp³-hybridized carbons (Fsp3) is 0.192. The molecule has 6 N–H and O–H groups in total. The zero-order valence-electron chi connectivity index (χ0n) is 19.5. The number of hydrogen-bond donors (Lipinski definition) is 4. The quantitative estimate of drug-likeness (QED) is 0.160. The molecule has 0 aliphatic heterocycles. The fourth-order valence-electron chi connectivity index (χ4n) is 2.87. The van der Waals surface area contributed by atoms with Gasteiger partial charge in [0.05, 0.1) is 0 Å². The number of aliphatic hydroxyl groups is 1. The maximum absolute atomic E-state index is 11.3. The Hall–Kier alpha value is -3.46. The van der Waals surface area contributed by atoms with Crippen LogP contribution < -0.4 is 16.8 Å². The summed E-state index contributed by atoms with van der Waals surface area (Å²) in [7, 11) is 3.22. The summed E-state index contributed by atoms with van der Waals surface area (Å²) in [6.45, 7) is 3.60. The van der Waals surface area contributed by atoms with Crippen molar-refractivity contribution in [2.75, 3.05) is 20.7 Å². The predicted octanol–water partition coefficient (Wildman–Crippen LogP) is 3.51. The van der Waals surface area contributed by atoms with Gasteiger partial charge in [0, 0.05) is 24.1 Å². The number of primary amides is 1. The van der Waals surface area contributed by atoms with E-state index in [-0.39, 0.29) is 12.3 Å². The lowest BCUT2D eigenvalue weighted by Gasteiger charge is -2.09. The third-order valence-corrected chi connectivity index (χ3v) is 5.61. The normalized spacial score (nSPS) is 10.6. The number of aldehydes is 1. The first kappa shape index (κ1) is 28.6. The molecule has 0 saturated heterocycles. The molecule has 0 aromatic heterocycles. The van der Waals surface area contributed by atoms with E-state index in [0.717, 1.165) is 35.0 Å². The monoisotopic (exact) mass is 480 g/mol. The van der Waals surface area contributed by atoms with Crippen LogP contribution in [0.25, 0.3) is 10.8 Å². The Morgan fingerprint density at radius 1 is 1.09 bits per heavy atom. The number of fused-ring (bicyclic) bond motifs is 1. The number of nitrogens with zero attached hydrogens (tertiary/aromatic N) is 1. The smallest absolute Gasteiger partial charge is 0.270 e. The van der Waals surface area contributed by atoms with Gasteiger partial charge in [-0.15, -0.1) is 0 Å². The average Bonchev–Trinajstić information content (AvgIpc) is 2.88. The number of nitrogens with two attached hydrogens (primary N) is 2. The van der Waals surface area contributed by atoms with Crippen LogP contribution in [0.3, 0.4) is 0 Å². The molecule has 0 bridgehead atoms. The topological polar surface area (TPSA) is 131 Å². The molecule has 0 fully saturated rings. The van der Waals surface area contributed by atoms with Crippen molar-refractivity contribution in [2.24, 2.45) is 16.5 Å². The van der Waals surface area contributed by atoms with Crippen LogP contribution in [0.5, 0.6) is 0 Å². The second-order valence-electron chi connectivity index (χ2n) is 6.75. The van der Waals surface area contributed by atoms with Crippen molar-refractivity contribution in [3.63, 3.8) is 0 Å². The van der Waals surface area contributed by atoms with Gasteiger partial charge in [0.1, 0.15) is 11.3 Å². The summed E-state index contributed by atoms with van der Waals surface area (Å²) >= 11 is 1.40. The molecule has 8 heteroatoms. The molecule has 3 aromatic rings. The number of amides is 1. The molecule has 0 aliphatic carbocycles. The van der Waals surface area contributed by atoms with E-state index in [1.165, 1.54) is 24.2 Å². The van der Waals surface area contributed by atoms with Gasteiger partial charge in [0.25, 0.3) is 5.91 Å². The number of thioether (sulfide) groups is 1. The van der Waals surface area contributed by atoms with Crippen molar-refractivity contribution in [3.8, 4) is 0 Å². The van der Waals surface area contributed by atoms with Crippen LogP contribution in [0.1, 0.15) is 22.3 Å². The maximum atomic E-state index is 11.3. The molecule has 0 aliphatic rings. The molecule has 7 nitrogen and oxygen atoms in total. The molecule has 3 aromatic carbocycles. The van der Waals surface area contributed by atoms with E-state index in [4.69, 9.17) is 10.8 Å². The van der Waals surface area contributed by atoms with Gasteiger partial charge in [0.2, 0.25) is 0 Å². The molecular weight excluding hydrogens is 448 g/mol. The summed E-state index contributed by atoms with van der Waals surface area (Å²) in [5.74, 6) is -0.599. The Kier molecular flexibility index (Phi) is 13.6. The summed E-state index contributed by atoms with van der Waals surface area (Å²) in [5.41, 5.74) is 11.8. The minimum atomic E-state index is -0.599. The second-order valence-corrected chi connectivity index (χ2v) is 7.83. The molecule has 0 radical (unpaired) electrons. The van der Waals surface area contributed by atoms with E-state index in [2.05, 4.69) is 34.9 Å². The highest BCUT2D eigenvalue weighted by atomic mass is 32.2.